The van der Waals surface area contributed by atoms with E-state index in [0.29, 0.717) is 0 Å². The molecular formula is C12H22. The molecule has 1 aliphatic rings. The van der Waals surface area contributed by atoms with Crippen molar-refractivity contribution in [2.75, 3.05) is 0 Å². The van der Waals surface area contributed by atoms with E-state index in [1.54, 1.807) is 5.57 Å². The molecule has 0 amide bonds. The van der Waals surface area contributed by atoms with Gasteiger partial charge >= 0.3 is 0 Å². The summed E-state index contributed by atoms with van der Waals surface area (Å²) in [5.41, 5.74) is 1.71. The average molecular weight is 166 g/mol. The molecule has 12 heavy (non-hydrogen) atoms. The average Bonchev–Trinajstić information content (AvgIpc) is 1.94. The van der Waals surface area contributed by atoms with Gasteiger partial charge < -0.3 is 0 Å². The maximum atomic E-state index is 2.47. The van der Waals surface area contributed by atoms with Gasteiger partial charge in [-0.2, -0.15) is 0 Å². The van der Waals surface area contributed by atoms with Crippen LogP contribution >= 0.6 is 0 Å². The van der Waals surface area contributed by atoms with Gasteiger partial charge in [-0.1, -0.05) is 39.3 Å². The van der Waals surface area contributed by atoms with Gasteiger partial charge in [0.2, 0.25) is 0 Å². The third-order valence-electron chi connectivity index (χ3n) is 2.86. The Hall–Kier alpha value is -0.260. The molecule has 0 aliphatic heterocycles. The largest absolute Gasteiger partial charge is 0.0825 e. The minimum atomic E-state index is 0.732. The second-order valence-corrected chi connectivity index (χ2v) is 4.77. The van der Waals surface area contributed by atoms with Crippen molar-refractivity contribution in [3.63, 3.8) is 0 Å². The van der Waals surface area contributed by atoms with Gasteiger partial charge in [0.05, 0.1) is 0 Å². The van der Waals surface area contributed by atoms with Gasteiger partial charge in [-0.05, 0) is 37.0 Å². The fourth-order valence-corrected chi connectivity index (χ4v) is 2.21. The molecule has 1 fully saturated rings. The zero-order valence-corrected chi connectivity index (χ0v) is 8.93. The van der Waals surface area contributed by atoms with Crippen molar-refractivity contribution >= 4 is 0 Å². The summed E-state index contributed by atoms with van der Waals surface area (Å²) >= 11 is 0. The fourth-order valence-electron chi connectivity index (χ4n) is 2.21. The lowest BCUT2D eigenvalue weighted by molar-refractivity contribution is 0.368. The summed E-state index contributed by atoms with van der Waals surface area (Å²) in [6.07, 6.45) is 6.62. The van der Waals surface area contributed by atoms with Crippen LogP contribution in [0.3, 0.4) is 0 Å². The van der Waals surface area contributed by atoms with Gasteiger partial charge in [0.15, 0.2) is 0 Å². The maximum absolute atomic E-state index is 2.47. The Kier molecular flexibility index (Phi) is 3.37. The Balaban J connectivity index is 2.56. The summed E-state index contributed by atoms with van der Waals surface area (Å²) in [4.78, 5) is 0. The topological polar surface area (TPSA) is 0 Å². The monoisotopic (exact) mass is 166 g/mol. The van der Waals surface area contributed by atoms with Crippen molar-refractivity contribution in [3.05, 3.63) is 11.6 Å². The highest BCUT2D eigenvalue weighted by Gasteiger charge is 2.19. The Morgan fingerprint density at radius 1 is 1.33 bits per heavy atom. The molecule has 1 saturated carbocycles. The van der Waals surface area contributed by atoms with E-state index < -0.39 is 0 Å². The number of hydrogen-bond acceptors (Lipinski definition) is 0. The number of allylic oxidation sites excluding steroid dienone is 2. The Bertz CT molecular complexity index is 165. The smallest absolute Gasteiger partial charge is 0.0229 e. The predicted molar refractivity (Wildman–Crippen MR) is 55.1 cm³/mol. The Labute approximate surface area is 77.1 Å². The Morgan fingerprint density at radius 2 is 2.00 bits per heavy atom. The summed E-state index contributed by atoms with van der Waals surface area (Å²) < 4.78 is 0. The highest BCUT2D eigenvalue weighted by Crippen LogP contribution is 2.33. The number of rotatable bonds is 1. The third kappa shape index (κ3) is 2.66. The lowest BCUT2D eigenvalue weighted by atomic mass is 9.79. The fraction of sp³-hybridized carbons (Fsp3) is 0.833. The first-order chi connectivity index (χ1) is 5.59. The molecule has 1 rings (SSSR count). The van der Waals surface area contributed by atoms with E-state index in [0.717, 1.165) is 17.8 Å². The van der Waals surface area contributed by atoms with Crippen molar-refractivity contribution in [3.8, 4) is 0 Å². The highest BCUT2D eigenvalue weighted by atomic mass is 14.2. The van der Waals surface area contributed by atoms with Crippen LogP contribution in [0.1, 0.15) is 47.0 Å². The lowest BCUT2D eigenvalue weighted by Gasteiger charge is -2.27. The number of hydrogen-bond donors (Lipinski definition) is 0. The molecule has 0 aromatic carbocycles. The first kappa shape index (κ1) is 9.83. The van der Waals surface area contributed by atoms with E-state index in [9.17, 15) is 0 Å². The van der Waals surface area contributed by atoms with Gasteiger partial charge in [0.1, 0.15) is 0 Å². The van der Waals surface area contributed by atoms with Crippen molar-refractivity contribution < 1.29 is 0 Å². The summed E-state index contributed by atoms with van der Waals surface area (Å²) in [6, 6.07) is 0. The van der Waals surface area contributed by atoms with E-state index in [4.69, 9.17) is 0 Å². The van der Waals surface area contributed by atoms with Gasteiger partial charge in [0, 0.05) is 0 Å². The minimum Gasteiger partial charge on any atom is -0.0825 e. The van der Waals surface area contributed by atoms with Crippen LogP contribution in [-0.2, 0) is 0 Å². The molecule has 0 spiro atoms. The highest BCUT2D eigenvalue weighted by molar-refractivity contribution is 5.09. The molecule has 2 atom stereocenters. The van der Waals surface area contributed by atoms with Crippen molar-refractivity contribution in [2.45, 2.75) is 47.0 Å². The van der Waals surface area contributed by atoms with Crippen LogP contribution in [0.25, 0.3) is 0 Å². The van der Waals surface area contributed by atoms with E-state index in [1.807, 2.05) is 0 Å². The van der Waals surface area contributed by atoms with Crippen LogP contribution in [0.2, 0.25) is 0 Å². The molecule has 0 aromatic rings. The molecule has 70 valence electrons. The normalized spacial score (nSPS) is 34.6. The zero-order valence-electron chi connectivity index (χ0n) is 8.93. The third-order valence-corrected chi connectivity index (χ3v) is 2.86. The molecule has 0 heterocycles. The molecule has 0 radical (unpaired) electrons. The van der Waals surface area contributed by atoms with Crippen LogP contribution in [0.5, 0.6) is 0 Å². The molecule has 2 unspecified atom stereocenters. The molecular weight excluding hydrogens is 144 g/mol. The SMILES string of the molecule is CC(C)/C=C1/CCC(C)CC1C. The molecule has 0 N–H and O–H groups in total. The van der Waals surface area contributed by atoms with Crippen LogP contribution in [0.4, 0.5) is 0 Å². The molecule has 0 saturated heterocycles. The van der Waals surface area contributed by atoms with Gasteiger partial charge in [0.25, 0.3) is 0 Å². The van der Waals surface area contributed by atoms with E-state index >= 15 is 0 Å². The first-order valence-corrected chi connectivity index (χ1v) is 5.30. The minimum absolute atomic E-state index is 0.732. The van der Waals surface area contributed by atoms with E-state index in [-0.39, 0.29) is 0 Å². The predicted octanol–water partition coefficient (Wildman–Crippen LogP) is 4.02. The van der Waals surface area contributed by atoms with E-state index in [2.05, 4.69) is 33.8 Å². The molecule has 0 heteroatoms. The van der Waals surface area contributed by atoms with E-state index in [1.165, 1.54) is 19.3 Å². The van der Waals surface area contributed by atoms with Crippen LogP contribution in [0.15, 0.2) is 11.6 Å². The molecule has 0 aromatic heterocycles. The molecule has 1 aliphatic carbocycles. The lowest BCUT2D eigenvalue weighted by Crippen LogP contribution is -2.13. The quantitative estimate of drug-likeness (QED) is 0.516. The van der Waals surface area contributed by atoms with Gasteiger partial charge in [-0.15, -0.1) is 0 Å². The van der Waals surface area contributed by atoms with Crippen LogP contribution in [-0.4, -0.2) is 0 Å². The summed E-state index contributed by atoms with van der Waals surface area (Å²) in [5.74, 6) is 2.52. The second-order valence-electron chi connectivity index (χ2n) is 4.77. The molecule has 0 nitrogen and oxygen atoms in total. The Morgan fingerprint density at radius 3 is 2.50 bits per heavy atom. The standard InChI is InChI=1S/C12H22/c1-9(2)7-12-6-5-10(3)8-11(12)4/h7,9-11H,5-6,8H2,1-4H3/b12-7-. The van der Waals surface area contributed by atoms with Gasteiger partial charge in [-0.3, -0.25) is 0 Å². The van der Waals surface area contributed by atoms with Crippen molar-refractivity contribution in [1.82, 2.24) is 0 Å². The van der Waals surface area contributed by atoms with Crippen LogP contribution in [0, 0.1) is 17.8 Å². The zero-order chi connectivity index (χ0) is 9.14. The second kappa shape index (κ2) is 4.11. The first-order valence-electron chi connectivity index (χ1n) is 5.30. The summed E-state index contributed by atoms with van der Waals surface area (Å²) in [5, 5.41) is 0. The summed E-state index contributed by atoms with van der Waals surface area (Å²) in [7, 11) is 0. The maximum Gasteiger partial charge on any atom is -0.0229 e. The van der Waals surface area contributed by atoms with Gasteiger partial charge in [-0.25, -0.2) is 0 Å². The van der Waals surface area contributed by atoms with Crippen molar-refractivity contribution in [2.24, 2.45) is 17.8 Å². The molecule has 0 bridgehead atoms. The van der Waals surface area contributed by atoms with Crippen molar-refractivity contribution in [1.29, 1.82) is 0 Å². The summed E-state index contributed by atoms with van der Waals surface area (Å²) in [6.45, 7) is 9.31. The van der Waals surface area contributed by atoms with Crippen LogP contribution < -0.4 is 0 Å².